The summed E-state index contributed by atoms with van der Waals surface area (Å²) in [6, 6.07) is 7.71. The fourth-order valence-electron chi connectivity index (χ4n) is 2.33. The van der Waals surface area contributed by atoms with E-state index in [0.29, 0.717) is 23.8 Å². The van der Waals surface area contributed by atoms with Gasteiger partial charge >= 0.3 is 0 Å². The third-order valence-electron chi connectivity index (χ3n) is 3.69. The maximum Gasteiger partial charge on any atom is 0.251 e. The monoisotopic (exact) mass is 334 g/mol. The van der Waals surface area contributed by atoms with Crippen LogP contribution < -0.4 is 10.6 Å². The van der Waals surface area contributed by atoms with Crippen LogP contribution in [0.3, 0.4) is 0 Å². The molecule has 0 unspecified atom stereocenters. The molecule has 0 radical (unpaired) electrons. The summed E-state index contributed by atoms with van der Waals surface area (Å²) in [6.07, 6.45) is 2.57. The van der Waals surface area contributed by atoms with E-state index < -0.39 is 0 Å². The highest BCUT2D eigenvalue weighted by atomic mass is 35.5. The molecule has 0 aliphatic carbocycles. The molecule has 2 aromatic rings. The number of nitrogens with zero attached hydrogens (tertiary/aromatic N) is 2. The zero-order valence-electron chi connectivity index (χ0n) is 13.8. The normalized spacial score (nSPS) is 12.2. The lowest BCUT2D eigenvalue weighted by Gasteiger charge is -2.14. The van der Waals surface area contributed by atoms with Gasteiger partial charge in [-0.2, -0.15) is 0 Å². The largest absolute Gasteiger partial charge is 0.352 e. The topological polar surface area (TPSA) is 59.0 Å². The maximum absolute atomic E-state index is 12.0. The van der Waals surface area contributed by atoms with Crippen molar-refractivity contribution in [1.82, 2.24) is 20.2 Å². The van der Waals surface area contributed by atoms with E-state index in [-0.39, 0.29) is 11.9 Å². The van der Waals surface area contributed by atoms with Crippen LogP contribution >= 0.6 is 11.6 Å². The van der Waals surface area contributed by atoms with Crippen LogP contribution in [-0.2, 0) is 13.6 Å². The van der Waals surface area contributed by atoms with E-state index in [9.17, 15) is 4.79 Å². The Bertz CT molecular complexity index is 668. The van der Waals surface area contributed by atoms with Crippen molar-refractivity contribution < 1.29 is 4.79 Å². The van der Waals surface area contributed by atoms with Crippen LogP contribution in [0, 0.1) is 0 Å². The first-order chi connectivity index (χ1) is 11.0. The van der Waals surface area contributed by atoms with Crippen LogP contribution in [0.25, 0.3) is 0 Å². The van der Waals surface area contributed by atoms with Crippen LogP contribution in [0.5, 0.6) is 0 Å². The average Bonchev–Trinajstić information content (AvgIpc) is 2.90. The molecule has 6 heteroatoms. The molecule has 0 saturated heterocycles. The van der Waals surface area contributed by atoms with Crippen LogP contribution in [-0.4, -0.2) is 22.0 Å². The molecule has 0 fully saturated rings. The first kappa shape index (κ1) is 17.5. The molecule has 1 aromatic carbocycles. The van der Waals surface area contributed by atoms with Crippen molar-refractivity contribution in [1.29, 1.82) is 0 Å². The van der Waals surface area contributed by atoms with Gasteiger partial charge in [0.05, 0.1) is 12.2 Å². The highest BCUT2D eigenvalue weighted by molar-refractivity contribution is 6.29. The van der Waals surface area contributed by atoms with Crippen molar-refractivity contribution in [2.45, 2.75) is 32.9 Å². The predicted octanol–water partition coefficient (Wildman–Crippen LogP) is 3.06. The van der Waals surface area contributed by atoms with Gasteiger partial charge in [0.15, 0.2) is 0 Å². The number of imidazole rings is 1. The molecule has 0 bridgehead atoms. The molecular weight excluding hydrogens is 312 g/mol. The van der Waals surface area contributed by atoms with E-state index >= 15 is 0 Å². The number of halogens is 1. The lowest BCUT2D eigenvalue weighted by molar-refractivity contribution is 0.0953. The quantitative estimate of drug-likeness (QED) is 0.818. The molecule has 23 heavy (non-hydrogen) atoms. The minimum Gasteiger partial charge on any atom is -0.352 e. The molecule has 0 aliphatic rings. The number of carbonyl (C=O) groups is 1. The first-order valence-electron chi connectivity index (χ1n) is 7.80. The molecule has 2 rings (SSSR count). The van der Waals surface area contributed by atoms with Gasteiger partial charge in [-0.15, -0.1) is 0 Å². The number of rotatable bonds is 7. The summed E-state index contributed by atoms with van der Waals surface area (Å²) in [5, 5.41) is 6.91. The van der Waals surface area contributed by atoms with Gasteiger partial charge in [-0.3, -0.25) is 4.79 Å². The molecule has 2 N–H and O–H groups in total. The van der Waals surface area contributed by atoms with Crippen molar-refractivity contribution >= 4 is 17.5 Å². The van der Waals surface area contributed by atoms with E-state index in [0.717, 1.165) is 17.8 Å². The Morgan fingerprint density at radius 2 is 2.22 bits per heavy atom. The van der Waals surface area contributed by atoms with Crippen LogP contribution in [0.15, 0.2) is 30.5 Å². The van der Waals surface area contributed by atoms with Crippen LogP contribution in [0.1, 0.15) is 48.1 Å². The Hall–Kier alpha value is -1.85. The zero-order valence-corrected chi connectivity index (χ0v) is 14.5. The Balaban J connectivity index is 1.98. The van der Waals surface area contributed by atoms with E-state index in [4.69, 9.17) is 11.6 Å². The lowest BCUT2D eigenvalue weighted by atomic mass is 10.1. The Kier molecular flexibility index (Phi) is 6.19. The fourth-order valence-corrected chi connectivity index (χ4v) is 2.47. The number of amides is 1. The summed E-state index contributed by atoms with van der Waals surface area (Å²) >= 11 is 6.02. The van der Waals surface area contributed by atoms with Crippen LogP contribution in [0.4, 0.5) is 0 Å². The Morgan fingerprint density at radius 3 is 2.87 bits per heavy atom. The standard InChI is InChI=1S/C17H23ClN4O/c1-4-8-19-17(23)14-7-5-6-13(9-14)10-20-12(2)16-21-11-15(18)22(16)3/h5-7,9,11-12,20H,4,8,10H2,1-3H3,(H,19,23)/t12-/m1/s1. The fraction of sp³-hybridized carbons (Fsp3) is 0.412. The summed E-state index contributed by atoms with van der Waals surface area (Å²) in [6.45, 7) is 5.42. The summed E-state index contributed by atoms with van der Waals surface area (Å²) < 4.78 is 1.85. The molecule has 124 valence electrons. The maximum atomic E-state index is 12.0. The van der Waals surface area contributed by atoms with Crippen molar-refractivity contribution in [3.8, 4) is 0 Å². The van der Waals surface area contributed by atoms with Gasteiger partial charge in [-0.1, -0.05) is 30.7 Å². The first-order valence-corrected chi connectivity index (χ1v) is 8.18. The van der Waals surface area contributed by atoms with Gasteiger partial charge in [-0.05, 0) is 31.0 Å². The number of benzene rings is 1. The van der Waals surface area contributed by atoms with Crippen molar-refractivity contribution in [3.63, 3.8) is 0 Å². The molecule has 1 aromatic heterocycles. The second kappa shape index (κ2) is 8.13. The number of carbonyl (C=O) groups excluding carboxylic acids is 1. The van der Waals surface area contributed by atoms with Gasteiger partial charge < -0.3 is 15.2 Å². The van der Waals surface area contributed by atoms with E-state index in [1.807, 2.05) is 49.7 Å². The molecule has 0 aliphatic heterocycles. The third-order valence-corrected chi connectivity index (χ3v) is 4.04. The third kappa shape index (κ3) is 4.56. The van der Waals surface area contributed by atoms with E-state index in [1.54, 1.807) is 6.20 Å². The van der Waals surface area contributed by atoms with E-state index in [2.05, 4.69) is 15.6 Å². The van der Waals surface area contributed by atoms with Gasteiger partial charge in [0.1, 0.15) is 11.0 Å². The SMILES string of the molecule is CCCNC(=O)c1cccc(CN[C@H](C)c2ncc(Cl)n2C)c1. The summed E-state index contributed by atoms with van der Waals surface area (Å²) in [4.78, 5) is 16.3. The number of hydrogen-bond acceptors (Lipinski definition) is 3. The van der Waals surface area contributed by atoms with Crippen molar-refractivity contribution in [2.24, 2.45) is 7.05 Å². The molecule has 5 nitrogen and oxygen atoms in total. The summed E-state index contributed by atoms with van der Waals surface area (Å²) in [5.74, 6) is 0.851. The smallest absolute Gasteiger partial charge is 0.251 e. The number of aromatic nitrogens is 2. The molecule has 0 saturated carbocycles. The van der Waals surface area contributed by atoms with Gasteiger partial charge in [0.25, 0.3) is 5.91 Å². The molecule has 1 atom stereocenters. The van der Waals surface area contributed by atoms with Crippen LogP contribution in [0.2, 0.25) is 5.15 Å². The highest BCUT2D eigenvalue weighted by Crippen LogP contribution is 2.16. The van der Waals surface area contributed by atoms with Gasteiger partial charge in [-0.25, -0.2) is 4.98 Å². The Morgan fingerprint density at radius 1 is 1.43 bits per heavy atom. The minimum absolute atomic E-state index is 0.0300. The second-order valence-corrected chi connectivity index (χ2v) is 5.94. The second-order valence-electron chi connectivity index (χ2n) is 5.56. The van der Waals surface area contributed by atoms with Gasteiger partial charge in [0.2, 0.25) is 0 Å². The number of nitrogens with one attached hydrogen (secondary N) is 2. The highest BCUT2D eigenvalue weighted by Gasteiger charge is 2.12. The van der Waals surface area contributed by atoms with Crippen molar-refractivity contribution in [2.75, 3.05) is 6.54 Å². The molecule has 1 heterocycles. The van der Waals surface area contributed by atoms with Crippen molar-refractivity contribution in [3.05, 3.63) is 52.6 Å². The average molecular weight is 335 g/mol. The lowest BCUT2D eigenvalue weighted by Crippen LogP contribution is -2.24. The summed E-state index contributed by atoms with van der Waals surface area (Å²) in [7, 11) is 1.89. The Labute approximate surface area is 142 Å². The zero-order chi connectivity index (χ0) is 16.8. The predicted molar refractivity (Wildman–Crippen MR) is 92.5 cm³/mol. The minimum atomic E-state index is -0.0300. The van der Waals surface area contributed by atoms with E-state index in [1.165, 1.54) is 0 Å². The van der Waals surface area contributed by atoms with Gasteiger partial charge in [0, 0.05) is 25.7 Å². The molecule has 0 spiro atoms. The number of hydrogen-bond donors (Lipinski definition) is 2. The molecular formula is C17H23ClN4O. The summed E-state index contributed by atoms with van der Waals surface area (Å²) in [5.41, 5.74) is 1.74. The molecule has 1 amide bonds.